The van der Waals surface area contributed by atoms with E-state index in [9.17, 15) is 9.59 Å². The Hall–Kier alpha value is -2.69. The Morgan fingerprint density at radius 3 is 2.76 bits per heavy atom. The van der Waals surface area contributed by atoms with E-state index in [-0.39, 0.29) is 17.7 Å². The van der Waals surface area contributed by atoms with Crippen LogP contribution in [0.3, 0.4) is 0 Å². The van der Waals surface area contributed by atoms with E-state index in [2.05, 4.69) is 10.3 Å². The summed E-state index contributed by atoms with van der Waals surface area (Å²) in [4.78, 5) is 30.4. The van der Waals surface area contributed by atoms with Gasteiger partial charge in [-0.2, -0.15) is 0 Å². The zero-order valence-electron chi connectivity index (χ0n) is 14.4. The van der Waals surface area contributed by atoms with Gasteiger partial charge in [-0.3, -0.25) is 14.6 Å². The molecule has 0 bridgehead atoms. The third-order valence-electron chi connectivity index (χ3n) is 4.56. The zero-order valence-corrected chi connectivity index (χ0v) is 14.4. The van der Waals surface area contributed by atoms with Crippen molar-refractivity contribution in [2.24, 2.45) is 0 Å². The maximum Gasteiger partial charge on any atom is 0.227 e. The molecular formula is C20H23N3O2. The molecule has 2 aromatic rings. The lowest BCUT2D eigenvalue weighted by Crippen LogP contribution is -2.29. The molecule has 1 N–H and O–H groups in total. The van der Waals surface area contributed by atoms with Gasteiger partial charge in [0.15, 0.2) is 0 Å². The lowest BCUT2D eigenvalue weighted by atomic mass is 9.95. The van der Waals surface area contributed by atoms with E-state index in [1.165, 1.54) is 0 Å². The van der Waals surface area contributed by atoms with Gasteiger partial charge in [0, 0.05) is 25.7 Å². The third-order valence-corrected chi connectivity index (χ3v) is 4.56. The van der Waals surface area contributed by atoms with Crippen LogP contribution in [0.5, 0.6) is 0 Å². The van der Waals surface area contributed by atoms with Crippen molar-refractivity contribution in [1.82, 2.24) is 10.3 Å². The minimum atomic E-state index is -0.155. The molecule has 1 aromatic heterocycles. The molecule has 0 spiro atoms. The molecule has 0 aliphatic carbocycles. The van der Waals surface area contributed by atoms with Gasteiger partial charge in [-0.05, 0) is 30.0 Å². The van der Waals surface area contributed by atoms with Gasteiger partial charge in [0.1, 0.15) is 0 Å². The lowest BCUT2D eigenvalue weighted by molar-refractivity contribution is -0.122. The second-order valence-electron chi connectivity index (χ2n) is 6.29. The van der Waals surface area contributed by atoms with E-state index in [1.54, 1.807) is 17.3 Å². The van der Waals surface area contributed by atoms with E-state index >= 15 is 0 Å². The Morgan fingerprint density at radius 2 is 2.08 bits per heavy atom. The smallest absolute Gasteiger partial charge is 0.227 e. The third kappa shape index (κ3) is 4.05. The Balaban J connectivity index is 1.65. The van der Waals surface area contributed by atoms with Gasteiger partial charge >= 0.3 is 0 Å². The summed E-state index contributed by atoms with van der Waals surface area (Å²) in [5.74, 6) is -0.00744. The molecule has 2 heterocycles. The molecule has 1 saturated heterocycles. The van der Waals surface area contributed by atoms with Crippen LogP contribution >= 0.6 is 0 Å². The fraction of sp³-hybridized carbons (Fsp3) is 0.350. The molecule has 25 heavy (non-hydrogen) atoms. The highest BCUT2D eigenvalue weighted by Gasteiger charge is 2.22. The van der Waals surface area contributed by atoms with Gasteiger partial charge in [0.05, 0.1) is 17.8 Å². The number of nitrogens with one attached hydrogen (secondary N) is 1. The highest BCUT2D eigenvalue weighted by atomic mass is 16.2. The van der Waals surface area contributed by atoms with Crippen molar-refractivity contribution in [3.8, 4) is 0 Å². The normalized spacial score (nSPS) is 15.2. The topological polar surface area (TPSA) is 62.3 Å². The SMILES string of the molecule is CC[C@H](C(=O)NCc1cncc(N2CCCC2=O)c1)c1ccccc1. The molecular weight excluding hydrogens is 314 g/mol. The van der Waals surface area contributed by atoms with Crippen molar-refractivity contribution in [3.63, 3.8) is 0 Å². The number of carbonyl (C=O) groups is 2. The molecule has 0 saturated carbocycles. The number of rotatable bonds is 6. The van der Waals surface area contributed by atoms with Crippen molar-refractivity contribution in [2.75, 3.05) is 11.4 Å². The zero-order chi connectivity index (χ0) is 17.6. The van der Waals surface area contributed by atoms with Crippen LogP contribution in [0.4, 0.5) is 5.69 Å². The standard InChI is InChI=1S/C20H23N3O2/c1-2-18(16-7-4-3-5-8-16)20(25)22-13-15-11-17(14-21-12-15)23-10-6-9-19(23)24/h3-5,7-8,11-12,14,18H,2,6,9-10,13H2,1H3,(H,22,25)/t18-/m0/s1. The van der Waals surface area contributed by atoms with Crippen molar-refractivity contribution in [1.29, 1.82) is 0 Å². The molecule has 2 amide bonds. The molecule has 1 fully saturated rings. The molecule has 0 radical (unpaired) electrons. The van der Waals surface area contributed by atoms with Crippen molar-refractivity contribution in [2.45, 2.75) is 38.6 Å². The Morgan fingerprint density at radius 1 is 1.28 bits per heavy atom. The molecule has 130 valence electrons. The van der Waals surface area contributed by atoms with Gasteiger partial charge < -0.3 is 10.2 Å². The molecule has 1 aliphatic heterocycles. The number of nitrogens with zero attached hydrogens (tertiary/aromatic N) is 2. The van der Waals surface area contributed by atoms with Gasteiger partial charge in [-0.15, -0.1) is 0 Å². The molecule has 5 nitrogen and oxygen atoms in total. The summed E-state index contributed by atoms with van der Waals surface area (Å²) in [6.07, 6.45) is 5.66. The Kier molecular flexibility index (Phi) is 5.43. The van der Waals surface area contributed by atoms with E-state index in [4.69, 9.17) is 0 Å². The average Bonchev–Trinajstić information content (AvgIpc) is 3.08. The summed E-state index contributed by atoms with van der Waals surface area (Å²) in [6.45, 7) is 3.16. The van der Waals surface area contributed by atoms with Crippen LogP contribution in [0.1, 0.15) is 43.2 Å². The number of amides is 2. The van der Waals surface area contributed by atoms with Crippen LogP contribution in [0.15, 0.2) is 48.8 Å². The van der Waals surface area contributed by atoms with Crippen LogP contribution in [0.25, 0.3) is 0 Å². The van der Waals surface area contributed by atoms with Crippen LogP contribution < -0.4 is 10.2 Å². The molecule has 5 heteroatoms. The van der Waals surface area contributed by atoms with Crippen LogP contribution in [0, 0.1) is 0 Å². The highest BCUT2D eigenvalue weighted by Crippen LogP contribution is 2.22. The summed E-state index contributed by atoms with van der Waals surface area (Å²) in [5.41, 5.74) is 2.73. The molecule has 1 atom stereocenters. The minimum absolute atomic E-state index is 0.0105. The van der Waals surface area contributed by atoms with E-state index in [0.717, 1.165) is 36.2 Å². The molecule has 3 rings (SSSR count). The molecule has 0 unspecified atom stereocenters. The summed E-state index contributed by atoms with van der Waals surface area (Å²) in [5, 5.41) is 3.00. The second-order valence-corrected chi connectivity index (χ2v) is 6.29. The number of pyridine rings is 1. The van der Waals surface area contributed by atoms with Crippen molar-refractivity contribution >= 4 is 17.5 Å². The summed E-state index contributed by atoms with van der Waals surface area (Å²) < 4.78 is 0. The highest BCUT2D eigenvalue weighted by molar-refractivity contribution is 5.95. The summed E-state index contributed by atoms with van der Waals surface area (Å²) in [6, 6.07) is 11.7. The monoisotopic (exact) mass is 337 g/mol. The molecule has 1 aromatic carbocycles. The van der Waals surface area contributed by atoms with E-state index in [1.807, 2.05) is 43.3 Å². The quantitative estimate of drug-likeness (QED) is 0.881. The molecule has 1 aliphatic rings. The van der Waals surface area contributed by atoms with E-state index in [0.29, 0.717) is 13.0 Å². The average molecular weight is 337 g/mol. The van der Waals surface area contributed by atoms with Crippen LogP contribution in [0.2, 0.25) is 0 Å². The van der Waals surface area contributed by atoms with Crippen LogP contribution in [-0.2, 0) is 16.1 Å². The number of aromatic nitrogens is 1. The number of hydrogen-bond acceptors (Lipinski definition) is 3. The van der Waals surface area contributed by atoms with Gasteiger partial charge in [0.25, 0.3) is 0 Å². The Bertz CT molecular complexity index is 746. The summed E-state index contributed by atoms with van der Waals surface area (Å²) in [7, 11) is 0. The first-order valence-electron chi connectivity index (χ1n) is 8.76. The van der Waals surface area contributed by atoms with Crippen LogP contribution in [-0.4, -0.2) is 23.3 Å². The first kappa shape index (κ1) is 17.1. The maximum atomic E-state index is 12.5. The van der Waals surface area contributed by atoms with Gasteiger partial charge in [-0.25, -0.2) is 0 Å². The lowest BCUT2D eigenvalue weighted by Gasteiger charge is -2.17. The van der Waals surface area contributed by atoms with Gasteiger partial charge in [0.2, 0.25) is 11.8 Å². The predicted octanol–water partition coefficient (Wildman–Crippen LogP) is 3.02. The van der Waals surface area contributed by atoms with Gasteiger partial charge in [-0.1, -0.05) is 37.3 Å². The maximum absolute atomic E-state index is 12.5. The second kappa shape index (κ2) is 7.92. The number of benzene rings is 1. The largest absolute Gasteiger partial charge is 0.351 e. The first-order chi connectivity index (χ1) is 12.2. The fourth-order valence-electron chi connectivity index (χ4n) is 3.21. The number of hydrogen-bond donors (Lipinski definition) is 1. The first-order valence-corrected chi connectivity index (χ1v) is 8.76. The summed E-state index contributed by atoms with van der Waals surface area (Å²) >= 11 is 0. The fourth-order valence-corrected chi connectivity index (χ4v) is 3.21. The number of carbonyl (C=O) groups excluding carboxylic acids is 2. The van der Waals surface area contributed by atoms with Crippen molar-refractivity contribution in [3.05, 3.63) is 59.9 Å². The number of anilines is 1. The predicted molar refractivity (Wildman–Crippen MR) is 97.1 cm³/mol. The minimum Gasteiger partial charge on any atom is -0.351 e. The Labute approximate surface area is 148 Å². The van der Waals surface area contributed by atoms with Crippen molar-refractivity contribution < 1.29 is 9.59 Å². The van der Waals surface area contributed by atoms with E-state index < -0.39 is 0 Å².